The van der Waals surface area contributed by atoms with Crippen molar-refractivity contribution < 1.29 is 28.1 Å². The molecule has 0 bridgehead atoms. The van der Waals surface area contributed by atoms with Crippen molar-refractivity contribution in [3.8, 4) is 17.2 Å². The fourth-order valence-corrected chi connectivity index (χ4v) is 7.73. The summed E-state index contributed by atoms with van der Waals surface area (Å²) in [5.74, 6) is -2.25. The number of alkyl halides is 3. The van der Waals surface area contributed by atoms with Crippen LogP contribution in [0.5, 0.6) is 17.2 Å². The van der Waals surface area contributed by atoms with Gasteiger partial charge in [-0.05, 0) is 205 Å². The minimum absolute atomic E-state index is 0.0484. The van der Waals surface area contributed by atoms with Gasteiger partial charge in [-0.1, -0.05) is 116 Å². The van der Waals surface area contributed by atoms with Crippen molar-refractivity contribution in [2.75, 3.05) is 7.11 Å². The SMILES string of the molecule is COc1c(O)c(C)c(C/C=C(\C)CC/C=C(\C)CC/C=C(\C)CC/C=C(\C)CC/C=C(\C)CC/C=C(\C)CC/C=C(\C)CC/C=C(\C)CC/C=C(\C)CCC=C(C)C)c(O)c1C(F)(F)F. The minimum atomic E-state index is -4.87. The predicted molar refractivity (Wildman–Crippen MR) is 276 cm³/mol. The molecule has 0 aliphatic carbocycles. The average molecular weight is 903 g/mol. The molecule has 65 heavy (non-hydrogen) atoms. The van der Waals surface area contributed by atoms with Gasteiger partial charge in [0.15, 0.2) is 11.5 Å². The molecule has 0 atom stereocenters. The zero-order chi connectivity index (χ0) is 49.0. The number of rotatable bonds is 30. The zero-order valence-corrected chi connectivity index (χ0v) is 43.1. The highest BCUT2D eigenvalue weighted by molar-refractivity contribution is 5.63. The lowest BCUT2D eigenvalue weighted by Gasteiger charge is -2.19. The lowest BCUT2D eigenvalue weighted by Crippen LogP contribution is -2.10. The minimum Gasteiger partial charge on any atom is -0.507 e. The second-order valence-corrected chi connectivity index (χ2v) is 19.0. The first-order chi connectivity index (χ1) is 30.7. The van der Waals surface area contributed by atoms with Crippen molar-refractivity contribution in [1.29, 1.82) is 0 Å². The largest absolute Gasteiger partial charge is 0.507 e. The summed E-state index contributed by atoms with van der Waals surface area (Å²) in [7, 11) is 1.04. The van der Waals surface area contributed by atoms with Gasteiger partial charge in [0.2, 0.25) is 0 Å². The van der Waals surface area contributed by atoms with Crippen molar-refractivity contribution in [1.82, 2.24) is 0 Å². The molecule has 0 fully saturated rings. The Kier molecular flexibility index (Phi) is 29.4. The first kappa shape index (κ1) is 58.8. The Morgan fingerprint density at radius 2 is 0.662 bits per heavy atom. The monoisotopic (exact) mass is 903 g/mol. The van der Waals surface area contributed by atoms with Gasteiger partial charge in [-0.15, -0.1) is 0 Å². The molecule has 0 aromatic heterocycles. The summed E-state index contributed by atoms with van der Waals surface area (Å²) in [6, 6.07) is 0. The maximum atomic E-state index is 13.7. The summed E-state index contributed by atoms with van der Waals surface area (Å²) >= 11 is 0. The van der Waals surface area contributed by atoms with Crippen LogP contribution in [-0.2, 0) is 12.6 Å². The van der Waals surface area contributed by atoms with Crippen LogP contribution >= 0.6 is 0 Å². The Balaban J connectivity index is 2.36. The van der Waals surface area contributed by atoms with Crippen molar-refractivity contribution in [3.05, 3.63) is 133 Å². The Morgan fingerprint density at radius 1 is 0.415 bits per heavy atom. The number of halogens is 3. The Hall–Kier alpha value is -4.19. The molecule has 0 unspecified atom stereocenters. The van der Waals surface area contributed by atoms with Gasteiger partial charge < -0.3 is 14.9 Å². The maximum Gasteiger partial charge on any atom is 0.423 e. The van der Waals surface area contributed by atoms with Crippen LogP contribution in [0.1, 0.15) is 208 Å². The molecular weight excluding hydrogens is 814 g/mol. The highest BCUT2D eigenvalue weighted by atomic mass is 19.4. The quantitative estimate of drug-likeness (QED) is 0.0597. The number of hydrogen-bond acceptors (Lipinski definition) is 3. The first-order valence-electron chi connectivity index (χ1n) is 24.4. The molecule has 0 saturated carbocycles. The molecule has 0 saturated heterocycles. The van der Waals surface area contributed by atoms with Gasteiger partial charge in [-0.25, -0.2) is 0 Å². The van der Waals surface area contributed by atoms with Crippen molar-refractivity contribution in [2.24, 2.45) is 0 Å². The van der Waals surface area contributed by atoms with E-state index < -0.39 is 29.0 Å². The molecule has 1 aromatic carbocycles. The van der Waals surface area contributed by atoms with Gasteiger partial charge in [0.1, 0.15) is 11.3 Å². The van der Waals surface area contributed by atoms with Gasteiger partial charge in [0.05, 0.1) is 7.11 Å². The Bertz CT molecular complexity index is 1930. The van der Waals surface area contributed by atoms with E-state index in [9.17, 15) is 23.4 Å². The molecule has 2 N–H and O–H groups in total. The van der Waals surface area contributed by atoms with E-state index in [2.05, 4.69) is 124 Å². The van der Waals surface area contributed by atoms with Gasteiger partial charge in [-0.3, -0.25) is 0 Å². The number of hydrogen-bond donors (Lipinski definition) is 2. The molecule has 0 amide bonds. The van der Waals surface area contributed by atoms with Gasteiger partial charge >= 0.3 is 6.18 Å². The topological polar surface area (TPSA) is 49.7 Å². The fourth-order valence-electron chi connectivity index (χ4n) is 7.73. The van der Waals surface area contributed by atoms with E-state index in [0.29, 0.717) is 0 Å². The number of benzene rings is 1. The van der Waals surface area contributed by atoms with E-state index >= 15 is 0 Å². The van der Waals surface area contributed by atoms with Crippen LogP contribution in [0, 0.1) is 6.92 Å². The molecular formula is C59H89F3O3. The number of phenolic OH excluding ortho intramolecular Hbond substituents is 2. The summed E-state index contributed by atoms with van der Waals surface area (Å²) in [6.45, 7) is 25.7. The number of allylic oxidation sites excluding steroid dienone is 20. The molecule has 3 nitrogen and oxygen atoms in total. The third-order valence-electron chi connectivity index (χ3n) is 12.3. The van der Waals surface area contributed by atoms with E-state index in [0.717, 1.165) is 122 Å². The molecule has 6 heteroatoms. The lowest BCUT2D eigenvalue weighted by atomic mass is 9.96. The summed E-state index contributed by atoms with van der Waals surface area (Å²) in [6.07, 6.45) is 37.8. The molecule has 1 rings (SSSR count). The maximum absolute atomic E-state index is 13.7. The normalized spacial score (nSPS) is 14.4. The van der Waals surface area contributed by atoms with Crippen LogP contribution < -0.4 is 4.74 Å². The Labute approximate surface area is 395 Å². The van der Waals surface area contributed by atoms with Crippen molar-refractivity contribution in [2.45, 2.75) is 211 Å². The molecule has 0 spiro atoms. The standard InChI is InChI=1S/C59H89F3O3/c1-43(2)23-14-24-44(3)25-15-26-45(4)27-16-28-46(5)29-17-30-47(6)31-18-32-48(7)33-19-34-49(8)35-20-36-50(9)37-21-38-51(10)39-22-40-52(11)41-42-54-53(12)56(63)58(65-13)55(57(54)64)59(60,61)62/h23,25,27,29,31,33,35,37,39,41,63-64H,14-22,24,26,28,30,32,34,36,38,40,42H2,1-13H3/b44-25+,45-27+,46-29+,47-31+,48-33+,49-35+,50-37+,51-39+,52-41+. The molecule has 0 radical (unpaired) electrons. The van der Waals surface area contributed by atoms with Gasteiger partial charge in [0.25, 0.3) is 0 Å². The fraction of sp³-hybridized carbons (Fsp3) is 0.559. The second-order valence-electron chi connectivity index (χ2n) is 19.0. The molecule has 1 aromatic rings. The molecule has 0 heterocycles. The number of ether oxygens (including phenoxy) is 1. The van der Waals surface area contributed by atoms with E-state index in [4.69, 9.17) is 4.74 Å². The number of aromatic hydroxyl groups is 2. The van der Waals surface area contributed by atoms with Crippen LogP contribution in [0.3, 0.4) is 0 Å². The summed E-state index contributed by atoms with van der Waals surface area (Å²) < 4.78 is 45.8. The zero-order valence-electron chi connectivity index (χ0n) is 43.1. The molecule has 0 aliphatic rings. The van der Waals surface area contributed by atoms with Crippen LogP contribution in [0.25, 0.3) is 0 Å². The smallest absolute Gasteiger partial charge is 0.423 e. The second kappa shape index (κ2) is 32.5. The van der Waals surface area contributed by atoms with Crippen LogP contribution in [0.15, 0.2) is 116 Å². The summed E-state index contributed by atoms with van der Waals surface area (Å²) in [5, 5.41) is 20.8. The highest BCUT2D eigenvalue weighted by Gasteiger charge is 2.41. The van der Waals surface area contributed by atoms with Gasteiger partial charge in [-0.2, -0.15) is 13.2 Å². The van der Waals surface area contributed by atoms with Crippen molar-refractivity contribution in [3.63, 3.8) is 0 Å². The van der Waals surface area contributed by atoms with Gasteiger partial charge in [0, 0.05) is 11.1 Å². The van der Waals surface area contributed by atoms with E-state index in [1.54, 1.807) is 0 Å². The Morgan fingerprint density at radius 3 is 0.892 bits per heavy atom. The summed E-state index contributed by atoms with van der Waals surface area (Å²) in [5.41, 5.74) is 13.0. The lowest BCUT2D eigenvalue weighted by molar-refractivity contribution is -0.140. The van der Waals surface area contributed by atoms with Crippen LogP contribution in [0.2, 0.25) is 0 Å². The number of phenols is 2. The van der Waals surface area contributed by atoms with Crippen LogP contribution in [0.4, 0.5) is 13.2 Å². The average Bonchev–Trinajstić information content (AvgIpc) is 3.21. The molecule has 364 valence electrons. The third-order valence-corrected chi connectivity index (χ3v) is 12.3. The highest BCUT2D eigenvalue weighted by Crippen LogP contribution is 2.50. The number of methoxy groups -OCH3 is 1. The van der Waals surface area contributed by atoms with E-state index in [-0.39, 0.29) is 17.5 Å². The van der Waals surface area contributed by atoms with Crippen LogP contribution in [-0.4, -0.2) is 17.3 Å². The first-order valence-corrected chi connectivity index (χ1v) is 24.4. The predicted octanol–water partition coefficient (Wildman–Crippen LogP) is 19.5. The van der Waals surface area contributed by atoms with E-state index in [1.165, 1.54) is 63.5 Å². The summed E-state index contributed by atoms with van der Waals surface area (Å²) in [4.78, 5) is 0. The van der Waals surface area contributed by atoms with Crippen molar-refractivity contribution >= 4 is 0 Å². The van der Waals surface area contributed by atoms with E-state index in [1.807, 2.05) is 13.0 Å². The molecule has 0 aliphatic heterocycles. The third kappa shape index (κ3) is 26.5.